The number of ether oxygens (including phenoxy) is 1. The number of hydrogen-bond acceptors (Lipinski definition) is 5. The van der Waals surface area contributed by atoms with Gasteiger partial charge in [-0.3, -0.25) is 9.59 Å². The SMILES string of the molecule is O=C(O)C1CN(C(=O)Cn2nc3ccccc3n2)CC12CCOCC2. The molecular weight excluding hydrogens is 324 g/mol. The minimum Gasteiger partial charge on any atom is -0.481 e. The van der Waals surface area contributed by atoms with E-state index in [9.17, 15) is 14.7 Å². The summed E-state index contributed by atoms with van der Waals surface area (Å²) in [5, 5.41) is 18.2. The van der Waals surface area contributed by atoms with Crippen LogP contribution in [-0.4, -0.2) is 63.2 Å². The van der Waals surface area contributed by atoms with Gasteiger partial charge in [0.2, 0.25) is 5.91 Å². The predicted octanol–water partition coefficient (Wildman–Crippen LogP) is 0.771. The van der Waals surface area contributed by atoms with Gasteiger partial charge in [-0.15, -0.1) is 0 Å². The zero-order chi connectivity index (χ0) is 17.4. The van der Waals surface area contributed by atoms with Crippen LogP contribution in [0.1, 0.15) is 12.8 Å². The Kier molecular flexibility index (Phi) is 3.91. The van der Waals surface area contributed by atoms with Crippen LogP contribution in [0.15, 0.2) is 24.3 Å². The zero-order valence-electron chi connectivity index (χ0n) is 13.8. The number of nitrogens with zero attached hydrogens (tertiary/aromatic N) is 4. The number of fused-ring (bicyclic) bond motifs is 1. The van der Waals surface area contributed by atoms with Crippen LogP contribution in [0.4, 0.5) is 0 Å². The molecule has 0 aliphatic carbocycles. The second-order valence-electron chi connectivity index (χ2n) is 6.86. The maximum Gasteiger partial charge on any atom is 0.308 e. The topological polar surface area (TPSA) is 97.6 Å². The highest BCUT2D eigenvalue weighted by Gasteiger charge is 2.51. The lowest BCUT2D eigenvalue weighted by atomic mass is 9.72. The molecule has 25 heavy (non-hydrogen) atoms. The number of hydrogen-bond donors (Lipinski definition) is 1. The van der Waals surface area contributed by atoms with Crippen LogP contribution in [0.5, 0.6) is 0 Å². The van der Waals surface area contributed by atoms with Crippen molar-refractivity contribution in [2.45, 2.75) is 19.4 Å². The van der Waals surface area contributed by atoms with Gasteiger partial charge in [0.05, 0.1) is 5.92 Å². The third kappa shape index (κ3) is 2.86. The molecule has 2 aliphatic heterocycles. The fourth-order valence-electron chi connectivity index (χ4n) is 3.98. The van der Waals surface area contributed by atoms with Crippen molar-refractivity contribution < 1.29 is 19.4 Å². The van der Waals surface area contributed by atoms with Crippen LogP contribution in [0.2, 0.25) is 0 Å². The number of carbonyl (C=O) groups excluding carboxylic acids is 1. The quantitative estimate of drug-likeness (QED) is 0.883. The first-order valence-corrected chi connectivity index (χ1v) is 8.46. The van der Waals surface area contributed by atoms with Crippen LogP contribution >= 0.6 is 0 Å². The van der Waals surface area contributed by atoms with Gasteiger partial charge in [0, 0.05) is 31.7 Å². The molecule has 1 aromatic carbocycles. The Morgan fingerprint density at radius 1 is 1.20 bits per heavy atom. The average molecular weight is 344 g/mol. The van der Waals surface area contributed by atoms with E-state index < -0.39 is 11.9 Å². The molecule has 1 aromatic heterocycles. The normalized spacial score (nSPS) is 22.6. The largest absolute Gasteiger partial charge is 0.481 e. The molecule has 2 fully saturated rings. The van der Waals surface area contributed by atoms with Crippen molar-refractivity contribution in [2.75, 3.05) is 26.3 Å². The zero-order valence-corrected chi connectivity index (χ0v) is 13.8. The standard InChI is InChI=1S/C17H20N4O4/c22-15(10-21-18-13-3-1-2-4-14(13)19-21)20-9-12(16(23)24)17(11-20)5-7-25-8-6-17/h1-4,12H,5-11H2,(H,23,24). The molecule has 1 N–H and O–H groups in total. The molecule has 2 aromatic rings. The van der Waals surface area contributed by atoms with Crippen LogP contribution in [0.3, 0.4) is 0 Å². The minimum atomic E-state index is -0.833. The molecule has 2 saturated heterocycles. The Morgan fingerprint density at radius 3 is 2.44 bits per heavy atom. The number of carboxylic acids is 1. The number of likely N-dealkylation sites (tertiary alicyclic amines) is 1. The van der Waals surface area contributed by atoms with Gasteiger partial charge < -0.3 is 14.7 Å². The Balaban J connectivity index is 1.51. The molecule has 1 spiro atoms. The molecule has 4 rings (SSSR count). The highest BCUT2D eigenvalue weighted by atomic mass is 16.5. The van der Waals surface area contributed by atoms with E-state index in [1.807, 2.05) is 24.3 Å². The van der Waals surface area contributed by atoms with Crippen LogP contribution in [0.25, 0.3) is 11.0 Å². The maximum atomic E-state index is 12.7. The monoisotopic (exact) mass is 344 g/mol. The van der Waals surface area contributed by atoms with Crippen LogP contribution in [0, 0.1) is 11.3 Å². The third-order valence-corrected chi connectivity index (χ3v) is 5.39. The lowest BCUT2D eigenvalue weighted by Gasteiger charge is -2.36. The molecule has 0 saturated carbocycles. The molecule has 1 unspecified atom stereocenters. The van der Waals surface area contributed by atoms with Crippen molar-refractivity contribution in [1.29, 1.82) is 0 Å². The average Bonchev–Trinajstić information content (AvgIpc) is 3.16. The van der Waals surface area contributed by atoms with E-state index >= 15 is 0 Å². The summed E-state index contributed by atoms with van der Waals surface area (Å²) in [7, 11) is 0. The smallest absolute Gasteiger partial charge is 0.308 e. The van der Waals surface area contributed by atoms with Crippen molar-refractivity contribution in [3.63, 3.8) is 0 Å². The summed E-state index contributed by atoms with van der Waals surface area (Å²) in [5.41, 5.74) is 1.10. The third-order valence-electron chi connectivity index (χ3n) is 5.39. The van der Waals surface area contributed by atoms with Gasteiger partial charge in [-0.05, 0) is 25.0 Å². The summed E-state index contributed by atoms with van der Waals surface area (Å²) in [6, 6.07) is 7.43. The molecule has 132 valence electrons. The van der Waals surface area contributed by atoms with Gasteiger partial charge in [-0.1, -0.05) is 12.1 Å². The van der Waals surface area contributed by atoms with Crippen molar-refractivity contribution in [2.24, 2.45) is 11.3 Å². The Morgan fingerprint density at radius 2 is 1.84 bits per heavy atom. The summed E-state index contributed by atoms with van der Waals surface area (Å²) in [6.07, 6.45) is 1.36. The molecule has 2 aliphatic rings. The van der Waals surface area contributed by atoms with Crippen LogP contribution in [-0.2, 0) is 20.9 Å². The Labute approximate surface area is 144 Å². The molecule has 8 heteroatoms. The van der Waals surface area contributed by atoms with E-state index in [-0.39, 0.29) is 24.4 Å². The highest BCUT2D eigenvalue weighted by molar-refractivity contribution is 5.80. The van der Waals surface area contributed by atoms with Crippen molar-refractivity contribution in [3.8, 4) is 0 Å². The number of rotatable bonds is 3. The van der Waals surface area contributed by atoms with Crippen molar-refractivity contribution in [3.05, 3.63) is 24.3 Å². The lowest BCUT2D eigenvalue weighted by Crippen LogP contribution is -2.40. The molecular formula is C17H20N4O4. The summed E-state index contributed by atoms with van der Waals surface area (Å²) in [6.45, 7) is 1.84. The van der Waals surface area contributed by atoms with E-state index in [0.717, 1.165) is 11.0 Å². The Hall–Kier alpha value is -2.48. The number of carbonyl (C=O) groups is 2. The van der Waals surface area contributed by atoms with E-state index in [0.29, 0.717) is 32.6 Å². The predicted molar refractivity (Wildman–Crippen MR) is 87.7 cm³/mol. The Bertz CT molecular complexity index is 779. The van der Waals surface area contributed by atoms with Crippen molar-refractivity contribution >= 4 is 22.9 Å². The fourth-order valence-corrected chi connectivity index (χ4v) is 3.98. The lowest BCUT2D eigenvalue weighted by molar-refractivity contribution is -0.146. The molecule has 0 radical (unpaired) electrons. The molecule has 0 bridgehead atoms. The highest BCUT2D eigenvalue weighted by Crippen LogP contribution is 2.44. The van der Waals surface area contributed by atoms with Gasteiger partial charge in [0.1, 0.15) is 17.6 Å². The number of aromatic nitrogens is 3. The van der Waals surface area contributed by atoms with Gasteiger partial charge in [0.25, 0.3) is 0 Å². The number of benzene rings is 1. The van der Waals surface area contributed by atoms with E-state index in [4.69, 9.17) is 4.74 Å². The number of aliphatic carboxylic acids is 1. The first kappa shape index (κ1) is 16.0. The van der Waals surface area contributed by atoms with E-state index in [1.165, 1.54) is 4.80 Å². The van der Waals surface area contributed by atoms with Gasteiger partial charge in [-0.25, -0.2) is 0 Å². The van der Waals surface area contributed by atoms with E-state index in [2.05, 4.69) is 10.2 Å². The second-order valence-corrected chi connectivity index (χ2v) is 6.86. The number of amides is 1. The summed E-state index contributed by atoms with van der Waals surface area (Å²) in [4.78, 5) is 27.4. The van der Waals surface area contributed by atoms with Crippen molar-refractivity contribution in [1.82, 2.24) is 19.9 Å². The van der Waals surface area contributed by atoms with Gasteiger partial charge in [-0.2, -0.15) is 15.0 Å². The number of carboxylic acid groups (broad SMARTS) is 1. The summed E-state index contributed by atoms with van der Waals surface area (Å²) in [5.74, 6) is -1.51. The molecule has 1 amide bonds. The summed E-state index contributed by atoms with van der Waals surface area (Å²) >= 11 is 0. The fraction of sp³-hybridized carbons (Fsp3) is 0.529. The van der Waals surface area contributed by atoms with Crippen LogP contribution < -0.4 is 0 Å². The van der Waals surface area contributed by atoms with Gasteiger partial charge >= 0.3 is 5.97 Å². The maximum absolute atomic E-state index is 12.7. The van der Waals surface area contributed by atoms with E-state index in [1.54, 1.807) is 4.90 Å². The molecule has 1 atom stereocenters. The molecule has 8 nitrogen and oxygen atoms in total. The first-order chi connectivity index (χ1) is 12.1. The van der Waals surface area contributed by atoms with Gasteiger partial charge in [0.15, 0.2) is 0 Å². The first-order valence-electron chi connectivity index (χ1n) is 8.46. The molecule has 3 heterocycles. The second kappa shape index (κ2) is 6.11. The minimum absolute atomic E-state index is 0.0214. The summed E-state index contributed by atoms with van der Waals surface area (Å²) < 4.78 is 5.39.